The van der Waals surface area contributed by atoms with Crippen molar-refractivity contribution in [1.82, 2.24) is 4.90 Å². The average Bonchev–Trinajstić information content (AvgIpc) is 2.41. The summed E-state index contributed by atoms with van der Waals surface area (Å²) in [4.78, 5) is 6.78. The normalized spacial score (nSPS) is 11.4. The first-order valence-corrected chi connectivity index (χ1v) is 6.99. The van der Waals surface area contributed by atoms with Crippen molar-refractivity contribution in [2.45, 2.75) is 6.42 Å². The molecule has 0 saturated heterocycles. The monoisotopic (exact) mass is 316 g/mol. The lowest BCUT2D eigenvalue weighted by molar-refractivity contribution is 0.610. The SMILES string of the molecule is CN(C)C(Cc1ccccc1)=Nc1ccc(Br)cc1. The van der Waals surface area contributed by atoms with Gasteiger partial charge in [-0.3, -0.25) is 0 Å². The topological polar surface area (TPSA) is 15.6 Å². The van der Waals surface area contributed by atoms with Gasteiger partial charge in [0, 0.05) is 25.0 Å². The van der Waals surface area contributed by atoms with E-state index in [9.17, 15) is 0 Å². The molecule has 0 amide bonds. The molecule has 19 heavy (non-hydrogen) atoms. The van der Waals surface area contributed by atoms with Crippen LogP contribution in [-0.2, 0) is 6.42 Å². The third-order valence-electron chi connectivity index (χ3n) is 2.81. The fourth-order valence-electron chi connectivity index (χ4n) is 1.74. The van der Waals surface area contributed by atoms with Crippen molar-refractivity contribution in [3.05, 3.63) is 64.6 Å². The van der Waals surface area contributed by atoms with Crippen LogP contribution in [0.2, 0.25) is 0 Å². The van der Waals surface area contributed by atoms with Gasteiger partial charge in [0.15, 0.2) is 0 Å². The number of likely N-dealkylation sites (N-methyl/N-ethyl adjacent to an activating group) is 1. The van der Waals surface area contributed by atoms with E-state index in [1.807, 2.05) is 44.4 Å². The van der Waals surface area contributed by atoms with Crippen LogP contribution in [0.5, 0.6) is 0 Å². The number of hydrogen-bond donors (Lipinski definition) is 0. The molecule has 3 heteroatoms. The second-order valence-corrected chi connectivity index (χ2v) is 5.48. The highest BCUT2D eigenvalue weighted by molar-refractivity contribution is 9.10. The molecule has 0 aliphatic heterocycles. The summed E-state index contributed by atoms with van der Waals surface area (Å²) in [6.45, 7) is 0. The van der Waals surface area contributed by atoms with Gasteiger partial charge in [0.05, 0.1) is 5.69 Å². The summed E-state index contributed by atoms with van der Waals surface area (Å²) in [6.07, 6.45) is 0.837. The van der Waals surface area contributed by atoms with E-state index in [1.165, 1.54) is 5.56 Å². The van der Waals surface area contributed by atoms with E-state index < -0.39 is 0 Å². The number of benzene rings is 2. The molecule has 2 nitrogen and oxygen atoms in total. The van der Waals surface area contributed by atoms with Gasteiger partial charge in [-0.1, -0.05) is 46.3 Å². The van der Waals surface area contributed by atoms with Gasteiger partial charge in [-0.2, -0.15) is 0 Å². The first kappa shape index (κ1) is 13.8. The molecule has 0 atom stereocenters. The molecule has 98 valence electrons. The van der Waals surface area contributed by atoms with E-state index in [1.54, 1.807) is 0 Å². The molecule has 0 aromatic heterocycles. The predicted molar refractivity (Wildman–Crippen MR) is 85.1 cm³/mol. The van der Waals surface area contributed by atoms with Gasteiger partial charge < -0.3 is 4.90 Å². The van der Waals surface area contributed by atoms with Crippen molar-refractivity contribution in [1.29, 1.82) is 0 Å². The molecule has 2 rings (SSSR count). The summed E-state index contributed by atoms with van der Waals surface area (Å²) in [7, 11) is 4.06. The van der Waals surface area contributed by atoms with E-state index >= 15 is 0 Å². The standard InChI is InChI=1S/C16H17BrN2/c1-19(2)16(12-13-6-4-3-5-7-13)18-15-10-8-14(17)9-11-15/h3-11H,12H2,1-2H3. The third-order valence-corrected chi connectivity index (χ3v) is 3.33. The lowest BCUT2D eigenvalue weighted by atomic mass is 10.1. The van der Waals surface area contributed by atoms with Gasteiger partial charge in [-0.15, -0.1) is 0 Å². The van der Waals surface area contributed by atoms with Crippen LogP contribution >= 0.6 is 15.9 Å². The Morgan fingerprint density at radius 3 is 2.21 bits per heavy atom. The molecule has 0 fully saturated rings. The van der Waals surface area contributed by atoms with Crippen molar-refractivity contribution in [3.63, 3.8) is 0 Å². The highest BCUT2D eigenvalue weighted by Gasteiger charge is 2.04. The first-order chi connectivity index (χ1) is 9.15. The number of rotatable bonds is 3. The van der Waals surface area contributed by atoms with Crippen molar-refractivity contribution >= 4 is 27.5 Å². The largest absolute Gasteiger partial charge is 0.366 e. The highest BCUT2D eigenvalue weighted by Crippen LogP contribution is 2.18. The van der Waals surface area contributed by atoms with Crippen molar-refractivity contribution in [3.8, 4) is 0 Å². The zero-order valence-corrected chi connectivity index (χ0v) is 12.8. The van der Waals surface area contributed by atoms with Gasteiger partial charge in [0.1, 0.15) is 5.84 Å². The second kappa shape index (κ2) is 6.53. The summed E-state index contributed by atoms with van der Waals surface area (Å²) in [6, 6.07) is 18.4. The smallest absolute Gasteiger partial charge is 0.109 e. The Kier molecular flexibility index (Phi) is 4.74. The lowest BCUT2D eigenvalue weighted by Gasteiger charge is -2.16. The van der Waals surface area contributed by atoms with Crippen LogP contribution in [0.3, 0.4) is 0 Å². The molecule has 0 aliphatic carbocycles. The van der Waals surface area contributed by atoms with Crippen LogP contribution in [-0.4, -0.2) is 24.8 Å². The average molecular weight is 317 g/mol. The third kappa shape index (κ3) is 4.21. The molecular formula is C16H17BrN2. The molecule has 0 N–H and O–H groups in total. The molecule has 0 spiro atoms. The number of amidine groups is 1. The minimum absolute atomic E-state index is 0.837. The first-order valence-electron chi connectivity index (χ1n) is 6.19. The van der Waals surface area contributed by atoms with E-state index in [4.69, 9.17) is 4.99 Å². The van der Waals surface area contributed by atoms with Crippen LogP contribution in [0.4, 0.5) is 5.69 Å². The number of aliphatic imine (C=N–C) groups is 1. The fourth-order valence-corrected chi connectivity index (χ4v) is 2.01. The van der Waals surface area contributed by atoms with E-state index in [-0.39, 0.29) is 0 Å². The molecular weight excluding hydrogens is 300 g/mol. The summed E-state index contributed by atoms with van der Waals surface area (Å²) < 4.78 is 1.07. The Bertz CT molecular complexity index is 545. The Balaban J connectivity index is 2.23. The van der Waals surface area contributed by atoms with Gasteiger partial charge >= 0.3 is 0 Å². The molecule has 0 bridgehead atoms. The predicted octanol–water partition coefficient (Wildman–Crippen LogP) is 4.28. The summed E-state index contributed by atoms with van der Waals surface area (Å²) >= 11 is 3.44. The molecule has 2 aromatic carbocycles. The van der Waals surface area contributed by atoms with E-state index in [0.717, 1.165) is 22.4 Å². The summed E-state index contributed by atoms with van der Waals surface area (Å²) in [5.41, 5.74) is 2.25. The summed E-state index contributed by atoms with van der Waals surface area (Å²) in [5.74, 6) is 1.05. The van der Waals surface area contributed by atoms with Crippen molar-refractivity contribution < 1.29 is 0 Å². The number of nitrogens with zero attached hydrogens (tertiary/aromatic N) is 2. The summed E-state index contributed by atoms with van der Waals surface area (Å²) in [5, 5.41) is 0. The van der Waals surface area contributed by atoms with Crippen LogP contribution in [0.25, 0.3) is 0 Å². The van der Waals surface area contributed by atoms with Crippen LogP contribution < -0.4 is 0 Å². The van der Waals surface area contributed by atoms with Gasteiger partial charge in [0.2, 0.25) is 0 Å². The fraction of sp³-hybridized carbons (Fsp3) is 0.188. The van der Waals surface area contributed by atoms with Crippen LogP contribution in [0.15, 0.2) is 64.1 Å². The Labute approximate surface area is 122 Å². The quantitative estimate of drug-likeness (QED) is 0.609. The molecule has 2 aromatic rings. The van der Waals surface area contributed by atoms with Gasteiger partial charge in [0.25, 0.3) is 0 Å². The molecule has 0 saturated carbocycles. The van der Waals surface area contributed by atoms with Crippen molar-refractivity contribution in [2.24, 2.45) is 4.99 Å². The van der Waals surface area contributed by atoms with Gasteiger partial charge in [-0.05, 0) is 29.8 Å². The Hall–Kier alpha value is -1.61. The number of hydrogen-bond acceptors (Lipinski definition) is 1. The minimum atomic E-state index is 0.837. The van der Waals surface area contributed by atoms with Gasteiger partial charge in [-0.25, -0.2) is 4.99 Å². The Morgan fingerprint density at radius 2 is 1.63 bits per heavy atom. The number of halogens is 1. The molecule has 0 heterocycles. The molecule has 0 aliphatic rings. The molecule has 0 radical (unpaired) electrons. The highest BCUT2D eigenvalue weighted by atomic mass is 79.9. The van der Waals surface area contributed by atoms with Crippen LogP contribution in [0, 0.1) is 0 Å². The maximum Gasteiger partial charge on any atom is 0.109 e. The van der Waals surface area contributed by atoms with E-state index in [0.29, 0.717) is 0 Å². The van der Waals surface area contributed by atoms with Crippen LogP contribution in [0.1, 0.15) is 5.56 Å². The maximum atomic E-state index is 4.72. The zero-order chi connectivity index (χ0) is 13.7. The molecule has 0 unspecified atom stereocenters. The second-order valence-electron chi connectivity index (χ2n) is 4.56. The van der Waals surface area contributed by atoms with Crippen molar-refractivity contribution in [2.75, 3.05) is 14.1 Å². The maximum absolute atomic E-state index is 4.72. The lowest BCUT2D eigenvalue weighted by Crippen LogP contribution is -2.23. The van der Waals surface area contributed by atoms with E-state index in [2.05, 4.69) is 45.1 Å². The Morgan fingerprint density at radius 1 is 1.00 bits per heavy atom. The minimum Gasteiger partial charge on any atom is -0.366 e. The zero-order valence-electron chi connectivity index (χ0n) is 11.2.